The van der Waals surface area contributed by atoms with Crippen molar-refractivity contribution in [2.24, 2.45) is 0 Å². The second-order valence-corrected chi connectivity index (χ2v) is 5.64. The molecule has 0 aliphatic carbocycles. The van der Waals surface area contributed by atoms with Crippen molar-refractivity contribution < 1.29 is 0 Å². The Hall–Kier alpha value is -3.53. The summed E-state index contributed by atoms with van der Waals surface area (Å²) < 4.78 is 0. The fourth-order valence-electron chi connectivity index (χ4n) is 2.90. The number of H-pyrrole nitrogens is 1. The lowest BCUT2D eigenvalue weighted by atomic mass is 9.95. The molecule has 4 aromatic rings. The highest BCUT2D eigenvalue weighted by Gasteiger charge is 2.14. The third-order valence-corrected chi connectivity index (χ3v) is 4.08. The van der Waals surface area contributed by atoms with Crippen LogP contribution in [0.15, 0.2) is 90.2 Å². The van der Waals surface area contributed by atoms with E-state index in [1.807, 2.05) is 60.7 Å². The molecule has 3 aromatic heterocycles. The highest BCUT2D eigenvalue weighted by atomic mass is 16.1. The molecule has 0 aliphatic heterocycles. The van der Waals surface area contributed by atoms with Crippen molar-refractivity contribution >= 4 is 0 Å². The summed E-state index contributed by atoms with van der Waals surface area (Å²) in [5.74, 6) is 0. The Morgan fingerprint density at radius 2 is 1.28 bits per heavy atom. The molecule has 0 spiro atoms. The van der Waals surface area contributed by atoms with Gasteiger partial charge in [-0.3, -0.25) is 14.8 Å². The van der Waals surface area contributed by atoms with Gasteiger partial charge in [0.15, 0.2) is 0 Å². The zero-order chi connectivity index (χ0) is 17.1. The zero-order valence-electron chi connectivity index (χ0n) is 13.4. The molecule has 4 rings (SSSR count). The van der Waals surface area contributed by atoms with Crippen LogP contribution in [0.2, 0.25) is 0 Å². The van der Waals surface area contributed by atoms with E-state index in [-0.39, 0.29) is 5.56 Å². The summed E-state index contributed by atoms with van der Waals surface area (Å²) in [5.41, 5.74) is 4.94. The molecule has 0 fully saturated rings. The van der Waals surface area contributed by atoms with Crippen molar-refractivity contribution in [1.29, 1.82) is 0 Å². The molecule has 25 heavy (non-hydrogen) atoms. The maximum Gasteiger partial charge on any atom is 0.256 e. The maximum atomic E-state index is 12.9. The number of aromatic nitrogens is 3. The van der Waals surface area contributed by atoms with Crippen LogP contribution in [0.1, 0.15) is 0 Å². The second kappa shape index (κ2) is 6.53. The van der Waals surface area contributed by atoms with Crippen LogP contribution in [0, 0.1) is 0 Å². The number of nitrogens with one attached hydrogen (secondary N) is 1. The lowest BCUT2D eigenvalue weighted by Crippen LogP contribution is -2.11. The largest absolute Gasteiger partial charge is 0.321 e. The van der Waals surface area contributed by atoms with E-state index in [1.165, 1.54) is 0 Å². The Morgan fingerprint density at radius 1 is 0.680 bits per heavy atom. The van der Waals surface area contributed by atoms with Gasteiger partial charge in [0, 0.05) is 36.0 Å². The monoisotopic (exact) mass is 325 g/mol. The quantitative estimate of drug-likeness (QED) is 0.615. The third-order valence-electron chi connectivity index (χ3n) is 4.08. The topological polar surface area (TPSA) is 58.6 Å². The van der Waals surface area contributed by atoms with Gasteiger partial charge in [0.2, 0.25) is 0 Å². The number of benzene rings is 1. The van der Waals surface area contributed by atoms with Gasteiger partial charge in [0.25, 0.3) is 5.56 Å². The number of hydrogen-bond donors (Lipinski definition) is 1. The van der Waals surface area contributed by atoms with E-state index < -0.39 is 0 Å². The van der Waals surface area contributed by atoms with E-state index in [1.54, 1.807) is 24.8 Å². The van der Waals surface area contributed by atoms with Crippen molar-refractivity contribution in [3.8, 4) is 33.5 Å². The van der Waals surface area contributed by atoms with Crippen molar-refractivity contribution in [2.45, 2.75) is 0 Å². The van der Waals surface area contributed by atoms with E-state index in [9.17, 15) is 4.79 Å². The molecule has 0 saturated carbocycles. The van der Waals surface area contributed by atoms with Gasteiger partial charge in [-0.15, -0.1) is 0 Å². The van der Waals surface area contributed by atoms with E-state index in [0.29, 0.717) is 5.56 Å². The minimum absolute atomic E-state index is 0.118. The average molecular weight is 325 g/mol. The summed E-state index contributed by atoms with van der Waals surface area (Å²) >= 11 is 0. The fourth-order valence-corrected chi connectivity index (χ4v) is 2.90. The minimum Gasteiger partial charge on any atom is -0.321 e. The highest BCUT2D eigenvalue weighted by Crippen LogP contribution is 2.31. The normalized spacial score (nSPS) is 10.6. The van der Waals surface area contributed by atoms with Crippen LogP contribution in [-0.4, -0.2) is 15.0 Å². The molecule has 1 N–H and O–H groups in total. The molecule has 1 aromatic carbocycles. The van der Waals surface area contributed by atoms with Gasteiger partial charge >= 0.3 is 0 Å². The van der Waals surface area contributed by atoms with Crippen molar-refractivity contribution in [2.75, 3.05) is 0 Å². The SMILES string of the molecule is O=c1[nH]c(-c2ccncc2)cc(-c2ccncc2)c1-c1ccccc1. The number of pyridine rings is 3. The summed E-state index contributed by atoms with van der Waals surface area (Å²) in [5, 5.41) is 0. The zero-order valence-corrected chi connectivity index (χ0v) is 13.4. The maximum absolute atomic E-state index is 12.9. The number of aromatic amines is 1. The van der Waals surface area contributed by atoms with Crippen LogP contribution in [0.25, 0.3) is 33.5 Å². The van der Waals surface area contributed by atoms with Gasteiger partial charge in [-0.25, -0.2) is 0 Å². The summed E-state index contributed by atoms with van der Waals surface area (Å²) in [7, 11) is 0. The number of rotatable bonds is 3. The summed E-state index contributed by atoms with van der Waals surface area (Å²) in [6.07, 6.45) is 6.89. The predicted octanol–water partition coefficient (Wildman–Crippen LogP) is 4.17. The van der Waals surface area contributed by atoms with Gasteiger partial charge in [-0.1, -0.05) is 30.3 Å². The second-order valence-electron chi connectivity index (χ2n) is 5.64. The molecule has 4 heteroatoms. The molecule has 120 valence electrons. The first-order valence-electron chi connectivity index (χ1n) is 7.96. The van der Waals surface area contributed by atoms with Crippen LogP contribution in [0.4, 0.5) is 0 Å². The Bertz CT molecular complexity index is 1040. The number of hydrogen-bond acceptors (Lipinski definition) is 3. The van der Waals surface area contributed by atoms with Crippen molar-refractivity contribution in [3.63, 3.8) is 0 Å². The first-order chi connectivity index (χ1) is 12.3. The van der Waals surface area contributed by atoms with Gasteiger partial charge < -0.3 is 4.98 Å². The molecule has 3 heterocycles. The van der Waals surface area contributed by atoms with E-state index in [4.69, 9.17) is 0 Å². The molecular weight excluding hydrogens is 310 g/mol. The van der Waals surface area contributed by atoms with Crippen LogP contribution in [0.3, 0.4) is 0 Å². The smallest absolute Gasteiger partial charge is 0.256 e. The minimum atomic E-state index is -0.118. The van der Waals surface area contributed by atoms with Gasteiger partial charge in [-0.2, -0.15) is 0 Å². The summed E-state index contributed by atoms with van der Waals surface area (Å²) in [6.45, 7) is 0. The molecule has 0 amide bonds. The van der Waals surface area contributed by atoms with E-state index in [0.717, 1.165) is 27.9 Å². The predicted molar refractivity (Wildman–Crippen MR) is 99.0 cm³/mol. The van der Waals surface area contributed by atoms with Crippen LogP contribution >= 0.6 is 0 Å². The molecule has 0 saturated heterocycles. The van der Waals surface area contributed by atoms with Crippen LogP contribution < -0.4 is 5.56 Å². The first-order valence-corrected chi connectivity index (χ1v) is 7.96. The van der Waals surface area contributed by atoms with Gasteiger partial charge in [0.1, 0.15) is 0 Å². The van der Waals surface area contributed by atoms with E-state index >= 15 is 0 Å². The Balaban J connectivity index is 2.01. The lowest BCUT2D eigenvalue weighted by Gasteiger charge is -2.12. The standard InChI is InChI=1S/C21H15N3O/c25-21-20(17-4-2-1-3-5-17)18(15-6-10-22-11-7-15)14-19(24-21)16-8-12-23-13-9-16/h1-14H,(H,24,25). The molecule has 4 nitrogen and oxygen atoms in total. The molecule has 0 atom stereocenters. The van der Waals surface area contributed by atoms with E-state index in [2.05, 4.69) is 15.0 Å². The fraction of sp³-hybridized carbons (Fsp3) is 0. The van der Waals surface area contributed by atoms with Gasteiger partial charge in [0.05, 0.1) is 5.56 Å². The Morgan fingerprint density at radius 3 is 1.92 bits per heavy atom. The van der Waals surface area contributed by atoms with Crippen LogP contribution in [-0.2, 0) is 0 Å². The molecule has 0 unspecified atom stereocenters. The molecule has 0 aliphatic rings. The lowest BCUT2D eigenvalue weighted by molar-refractivity contribution is 1.23. The average Bonchev–Trinajstić information content (AvgIpc) is 2.69. The molecular formula is C21H15N3O. The van der Waals surface area contributed by atoms with Gasteiger partial charge in [-0.05, 0) is 47.0 Å². The molecule has 0 bridgehead atoms. The Labute approximate surface area is 144 Å². The highest BCUT2D eigenvalue weighted by molar-refractivity contribution is 5.85. The first kappa shape index (κ1) is 15.0. The number of nitrogens with zero attached hydrogens (tertiary/aromatic N) is 2. The summed E-state index contributed by atoms with van der Waals surface area (Å²) in [6, 6.07) is 19.3. The Kier molecular flexibility index (Phi) is 3.92. The third kappa shape index (κ3) is 2.97. The van der Waals surface area contributed by atoms with Crippen molar-refractivity contribution in [3.05, 3.63) is 95.8 Å². The van der Waals surface area contributed by atoms with Crippen molar-refractivity contribution in [1.82, 2.24) is 15.0 Å². The van der Waals surface area contributed by atoms with Crippen LogP contribution in [0.5, 0.6) is 0 Å². The molecule has 0 radical (unpaired) electrons. The summed E-state index contributed by atoms with van der Waals surface area (Å²) in [4.78, 5) is 24.0.